The third-order valence-electron chi connectivity index (χ3n) is 4.10. The molecule has 3 aromatic rings. The van der Waals surface area contributed by atoms with Crippen LogP contribution in [-0.2, 0) is 4.74 Å². The number of carbonyl (C=O) groups is 1. The normalized spacial score (nSPS) is 17.1. The van der Waals surface area contributed by atoms with E-state index in [1.54, 1.807) is 4.90 Å². The maximum Gasteiger partial charge on any atom is 0.414 e. The van der Waals surface area contributed by atoms with Gasteiger partial charge in [0.2, 0.25) is 0 Å². The molecule has 24 heavy (non-hydrogen) atoms. The van der Waals surface area contributed by atoms with E-state index in [0.29, 0.717) is 13.2 Å². The monoisotopic (exact) mass is 319 g/mol. The first-order valence-corrected chi connectivity index (χ1v) is 7.94. The van der Waals surface area contributed by atoms with E-state index in [4.69, 9.17) is 9.47 Å². The Kier molecular flexibility index (Phi) is 3.79. The maximum atomic E-state index is 12.0. The minimum absolute atomic E-state index is 0.274. The van der Waals surface area contributed by atoms with Gasteiger partial charge in [-0.05, 0) is 35.0 Å². The number of nitrogens with zero attached hydrogens (tertiary/aromatic N) is 1. The summed E-state index contributed by atoms with van der Waals surface area (Å²) in [6.45, 7) is 0.837. The highest BCUT2D eigenvalue weighted by Gasteiger charge is 2.32. The van der Waals surface area contributed by atoms with Crippen molar-refractivity contribution >= 4 is 22.6 Å². The van der Waals surface area contributed by atoms with Crippen LogP contribution in [0.5, 0.6) is 5.75 Å². The number of hydrogen-bond acceptors (Lipinski definition) is 3. The van der Waals surface area contributed by atoms with Gasteiger partial charge in [-0.15, -0.1) is 0 Å². The van der Waals surface area contributed by atoms with E-state index in [9.17, 15) is 4.79 Å². The van der Waals surface area contributed by atoms with E-state index in [1.165, 1.54) is 5.39 Å². The maximum absolute atomic E-state index is 12.0. The van der Waals surface area contributed by atoms with Crippen molar-refractivity contribution in [1.29, 1.82) is 0 Å². The van der Waals surface area contributed by atoms with E-state index in [0.717, 1.165) is 16.8 Å². The molecule has 0 aromatic heterocycles. The molecule has 1 heterocycles. The van der Waals surface area contributed by atoms with Gasteiger partial charge in [0.25, 0.3) is 0 Å². The van der Waals surface area contributed by atoms with Crippen LogP contribution in [0.2, 0.25) is 0 Å². The van der Waals surface area contributed by atoms with Gasteiger partial charge in [-0.1, -0.05) is 48.5 Å². The van der Waals surface area contributed by atoms with Crippen LogP contribution in [0.25, 0.3) is 10.8 Å². The Balaban J connectivity index is 1.42. The fraction of sp³-hybridized carbons (Fsp3) is 0.150. The second-order valence-electron chi connectivity index (χ2n) is 5.77. The summed E-state index contributed by atoms with van der Waals surface area (Å²) in [4.78, 5) is 13.7. The van der Waals surface area contributed by atoms with E-state index < -0.39 is 0 Å². The van der Waals surface area contributed by atoms with Crippen LogP contribution in [0.1, 0.15) is 0 Å². The van der Waals surface area contributed by atoms with Crippen LogP contribution >= 0.6 is 0 Å². The molecule has 4 nitrogen and oxygen atoms in total. The first-order valence-electron chi connectivity index (χ1n) is 7.94. The number of para-hydroxylation sites is 1. The summed E-state index contributed by atoms with van der Waals surface area (Å²) < 4.78 is 11.2. The summed E-state index contributed by atoms with van der Waals surface area (Å²) in [5.74, 6) is 0.780. The third kappa shape index (κ3) is 2.91. The lowest BCUT2D eigenvalue weighted by molar-refractivity contribution is 0.105. The Morgan fingerprint density at radius 2 is 1.71 bits per heavy atom. The highest BCUT2D eigenvalue weighted by atomic mass is 16.6. The van der Waals surface area contributed by atoms with Gasteiger partial charge in [-0.25, -0.2) is 4.79 Å². The van der Waals surface area contributed by atoms with Gasteiger partial charge in [0.15, 0.2) is 6.10 Å². The smallest absolute Gasteiger partial charge is 0.414 e. The lowest BCUT2D eigenvalue weighted by atomic mass is 10.1. The molecular formula is C20H17NO3. The minimum Gasteiger partial charge on any atom is -0.490 e. The van der Waals surface area contributed by atoms with Crippen molar-refractivity contribution in [3.05, 3.63) is 72.8 Å². The van der Waals surface area contributed by atoms with Crippen molar-refractivity contribution in [1.82, 2.24) is 0 Å². The van der Waals surface area contributed by atoms with Crippen molar-refractivity contribution in [3.63, 3.8) is 0 Å². The number of benzene rings is 3. The number of hydrogen-bond donors (Lipinski definition) is 0. The zero-order valence-corrected chi connectivity index (χ0v) is 13.1. The van der Waals surface area contributed by atoms with Gasteiger partial charge in [-0.2, -0.15) is 0 Å². The SMILES string of the molecule is O=C1OC(COc2ccc3ccccc3c2)CN1c1ccccc1. The molecule has 1 aliphatic rings. The van der Waals surface area contributed by atoms with E-state index in [-0.39, 0.29) is 12.2 Å². The zero-order valence-electron chi connectivity index (χ0n) is 13.1. The van der Waals surface area contributed by atoms with E-state index in [2.05, 4.69) is 12.1 Å². The summed E-state index contributed by atoms with van der Waals surface area (Å²) in [7, 11) is 0. The van der Waals surface area contributed by atoms with Gasteiger partial charge >= 0.3 is 6.09 Å². The van der Waals surface area contributed by atoms with Gasteiger partial charge in [-0.3, -0.25) is 4.90 Å². The molecule has 1 unspecified atom stereocenters. The molecule has 0 bridgehead atoms. The molecule has 1 atom stereocenters. The van der Waals surface area contributed by atoms with Gasteiger partial charge in [0.05, 0.1) is 6.54 Å². The number of cyclic esters (lactones) is 1. The fourth-order valence-electron chi connectivity index (χ4n) is 2.87. The van der Waals surface area contributed by atoms with Crippen molar-refractivity contribution in [2.75, 3.05) is 18.1 Å². The molecule has 0 spiro atoms. The highest BCUT2D eigenvalue weighted by Crippen LogP contribution is 2.23. The first kappa shape index (κ1) is 14.6. The minimum atomic E-state index is -0.326. The average molecular weight is 319 g/mol. The molecule has 4 heteroatoms. The number of rotatable bonds is 4. The van der Waals surface area contributed by atoms with Crippen LogP contribution < -0.4 is 9.64 Å². The molecule has 0 N–H and O–H groups in total. The summed E-state index contributed by atoms with van der Waals surface area (Å²) in [6.07, 6.45) is -0.600. The Labute approximate surface area is 140 Å². The topological polar surface area (TPSA) is 38.8 Å². The largest absolute Gasteiger partial charge is 0.490 e. The predicted molar refractivity (Wildman–Crippen MR) is 93.5 cm³/mol. The van der Waals surface area contributed by atoms with Crippen LogP contribution in [0, 0.1) is 0 Å². The molecule has 1 aliphatic heterocycles. The van der Waals surface area contributed by atoms with Crippen molar-refractivity contribution in [3.8, 4) is 5.75 Å². The molecule has 0 aliphatic carbocycles. The summed E-state index contributed by atoms with van der Waals surface area (Å²) in [5, 5.41) is 2.30. The molecular weight excluding hydrogens is 302 g/mol. The quantitative estimate of drug-likeness (QED) is 0.722. The van der Waals surface area contributed by atoms with Crippen LogP contribution in [0.3, 0.4) is 0 Å². The molecule has 3 aromatic carbocycles. The lowest BCUT2D eigenvalue weighted by Crippen LogP contribution is -2.26. The summed E-state index contributed by atoms with van der Waals surface area (Å²) >= 11 is 0. The van der Waals surface area contributed by atoms with Crippen molar-refractivity contribution in [2.45, 2.75) is 6.10 Å². The van der Waals surface area contributed by atoms with Gasteiger partial charge in [0, 0.05) is 5.69 Å². The fourth-order valence-corrected chi connectivity index (χ4v) is 2.87. The van der Waals surface area contributed by atoms with Crippen molar-refractivity contribution < 1.29 is 14.3 Å². The molecule has 0 radical (unpaired) electrons. The van der Waals surface area contributed by atoms with Crippen LogP contribution in [0.15, 0.2) is 72.8 Å². The summed E-state index contributed by atoms with van der Waals surface area (Å²) in [5.41, 5.74) is 0.843. The Hall–Kier alpha value is -3.01. The average Bonchev–Trinajstić information content (AvgIpc) is 3.01. The molecule has 1 fully saturated rings. The third-order valence-corrected chi connectivity index (χ3v) is 4.10. The number of amides is 1. The molecule has 0 saturated carbocycles. The number of fused-ring (bicyclic) bond motifs is 1. The molecule has 4 rings (SSSR count). The second-order valence-corrected chi connectivity index (χ2v) is 5.77. The van der Waals surface area contributed by atoms with Crippen LogP contribution in [0.4, 0.5) is 10.5 Å². The Morgan fingerprint density at radius 1 is 0.958 bits per heavy atom. The number of anilines is 1. The van der Waals surface area contributed by atoms with Crippen LogP contribution in [-0.4, -0.2) is 25.3 Å². The lowest BCUT2D eigenvalue weighted by Gasteiger charge is -2.13. The molecule has 120 valence electrons. The number of carbonyl (C=O) groups excluding carboxylic acids is 1. The van der Waals surface area contributed by atoms with E-state index >= 15 is 0 Å². The Bertz CT molecular complexity index is 863. The van der Waals surface area contributed by atoms with Crippen molar-refractivity contribution in [2.24, 2.45) is 0 Å². The summed E-state index contributed by atoms with van der Waals surface area (Å²) in [6, 6.07) is 23.6. The van der Waals surface area contributed by atoms with Gasteiger partial charge in [0.1, 0.15) is 12.4 Å². The van der Waals surface area contributed by atoms with E-state index in [1.807, 2.05) is 60.7 Å². The first-order chi connectivity index (χ1) is 11.8. The standard InChI is InChI=1S/C20H17NO3/c22-20-21(17-8-2-1-3-9-17)13-19(24-20)14-23-18-11-10-15-6-4-5-7-16(15)12-18/h1-12,19H,13-14H2. The zero-order chi connectivity index (χ0) is 16.4. The molecule has 1 saturated heterocycles. The molecule has 1 amide bonds. The Morgan fingerprint density at radius 3 is 2.54 bits per heavy atom. The highest BCUT2D eigenvalue weighted by molar-refractivity contribution is 5.89. The second kappa shape index (κ2) is 6.24. The van der Waals surface area contributed by atoms with Gasteiger partial charge < -0.3 is 9.47 Å². The number of ether oxygens (including phenoxy) is 2. The predicted octanol–water partition coefficient (Wildman–Crippen LogP) is 4.24.